The summed E-state index contributed by atoms with van der Waals surface area (Å²) in [5.41, 5.74) is 9.24. The molecule has 4 aromatic carbocycles. The van der Waals surface area contributed by atoms with Crippen molar-refractivity contribution < 1.29 is 0 Å². The van der Waals surface area contributed by atoms with E-state index in [1.807, 2.05) is 24.4 Å². The molecular formula is C31H25N3. The second-order valence-corrected chi connectivity index (χ2v) is 8.81. The molecule has 0 fully saturated rings. The minimum Gasteiger partial charge on any atom is -0.318 e. The third kappa shape index (κ3) is 3.37. The summed E-state index contributed by atoms with van der Waals surface area (Å²) < 4.78 is 2.31. The SMILES string of the molecule is Cc1cc2c(nc(-c3ccccn3)n2Cc2ccccc2)c(-c2cccc3ccccc23)c1C. The number of fused-ring (bicyclic) bond motifs is 2. The predicted octanol–water partition coefficient (Wildman–Crippen LogP) is 7.58. The molecule has 164 valence electrons. The molecule has 0 atom stereocenters. The number of hydrogen-bond donors (Lipinski definition) is 0. The molecule has 6 rings (SSSR count). The van der Waals surface area contributed by atoms with Crippen molar-refractivity contribution in [2.45, 2.75) is 20.4 Å². The van der Waals surface area contributed by atoms with Gasteiger partial charge >= 0.3 is 0 Å². The molecule has 0 saturated carbocycles. The lowest BCUT2D eigenvalue weighted by Crippen LogP contribution is -2.03. The van der Waals surface area contributed by atoms with E-state index >= 15 is 0 Å². The second kappa shape index (κ2) is 8.27. The minimum absolute atomic E-state index is 0.737. The predicted molar refractivity (Wildman–Crippen MR) is 141 cm³/mol. The number of nitrogens with zero attached hydrogens (tertiary/aromatic N) is 3. The Hall–Kier alpha value is -4.24. The first kappa shape index (κ1) is 20.4. The Morgan fingerprint density at radius 2 is 1.53 bits per heavy atom. The lowest BCUT2D eigenvalue weighted by atomic mass is 9.92. The first-order valence-electron chi connectivity index (χ1n) is 11.6. The van der Waals surface area contributed by atoms with Crippen molar-refractivity contribution in [3.05, 3.63) is 120 Å². The summed E-state index contributed by atoms with van der Waals surface area (Å²) in [6.07, 6.45) is 1.84. The van der Waals surface area contributed by atoms with Crippen LogP contribution in [-0.4, -0.2) is 14.5 Å². The van der Waals surface area contributed by atoms with Gasteiger partial charge in [-0.15, -0.1) is 0 Å². The van der Waals surface area contributed by atoms with Gasteiger partial charge in [0.2, 0.25) is 0 Å². The van der Waals surface area contributed by atoms with Gasteiger partial charge in [0, 0.05) is 18.3 Å². The number of pyridine rings is 1. The van der Waals surface area contributed by atoms with Crippen molar-refractivity contribution in [3.8, 4) is 22.6 Å². The lowest BCUT2D eigenvalue weighted by Gasteiger charge is -2.14. The molecule has 2 aromatic heterocycles. The van der Waals surface area contributed by atoms with E-state index in [0.717, 1.165) is 29.1 Å². The third-order valence-corrected chi connectivity index (χ3v) is 6.70. The second-order valence-electron chi connectivity index (χ2n) is 8.81. The monoisotopic (exact) mass is 439 g/mol. The smallest absolute Gasteiger partial charge is 0.160 e. The molecule has 0 amide bonds. The van der Waals surface area contributed by atoms with Crippen molar-refractivity contribution in [1.82, 2.24) is 14.5 Å². The highest BCUT2D eigenvalue weighted by Gasteiger charge is 2.21. The highest BCUT2D eigenvalue weighted by Crippen LogP contribution is 2.39. The normalized spacial score (nSPS) is 11.4. The van der Waals surface area contributed by atoms with Crippen molar-refractivity contribution in [3.63, 3.8) is 0 Å². The van der Waals surface area contributed by atoms with E-state index < -0.39 is 0 Å². The van der Waals surface area contributed by atoms with E-state index in [9.17, 15) is 0 Å². The van der Waals surface area contributed by atoms with Crippen LogP contribution >= 0.6 is 0 Å². The van der Waals surface area contributed by atoms with Crippen LogP contribution in [0.15, 0.2) is 103 Å². The Balaban J connectivity index is 1.70. The fraction of sp³-hybridized carbons (Fsp3) is 0.0968. The summed E-state index contributed by atoms with van der Waals surface area (Å²) in [6.45, 7) is 5.15. The standard InChI is InChI=1S/C31H25N3/c1-21-19-28-30(29(22(21)2)26-16-10-14-24-13-6-7-15-25(24)26)33-31(27-17-8-9-18-32-27)34(28)20-23-11-4-3-5-12-23/h3-19H,20H2,1-2H3. The Morgan fingerprint density at radius 3 is 2.35 bits per heavy atom. The summed E-state index contributed by atoms with van der Waals surface area (Å²) in [6, 6.07) is 34.0. The molecule has 0 unspecified atom stereocenters. The molecule has 0 aliphatic rings. The van der Waals surface area contributed by atoms with Crippen LogP contribution in [0.2, 0.25) is 0 Å². The third-order valence-electron chi connectivity index (χ3n) is 6.70. The number of rotatable bonds is 4. The molecule has 3 heteroatoms. The van der Waals surface area contributed by atoms with Gasteiger partial charge in [0.15, 0.2) is 5.82 Å². The summed E-state index contributed by atoms with van der Waals surface area (Å²) in [7, 11) is 0. The fourth-order valence-corrected chi connectivity index (χ4v) is 4.87. The summed E-state index contributed by atoms with van der Waals surface area (Å²) in [5.74, 6) is 0.894. The number of aromatic nitrogens is 3. The van der Waals surface area contributed by atoms with Gasteiger partial charge in [-0.2, -0.15) is 0 Å². The first-order chi connectivity index (χ1) is 16.7. The Kier molecular flexibility index (Phi) is 4.96. The van der Waals surface area contributed by atoms with Gasteiger partial charge in [0.1, 0.15) is 5.69 Å². The van der Waals surface area contributed by atoms with Crippen molar-refractivity contribution in [1.29, 1.82) is 0 Å². The zero-order valence-electron chi connectivity index (χ0n) is 19.4. The van der Waals surface area contributed by atoms with Crippen LogP contribution in [-0.2, 0) is 6.54 Å². The molecule has 6 aromatic rings. The van der Waals surface area contributed by atoms with E-state index in [1.165, 1.54) is 38.6 Å². The summed E-state index contributed by atoms with van der Waals surface area (Å²) in [4.78, 5) is 9.93. The molecule has 0 saturated heterocycles. The first-order valence-corrected chi connectivity index (χ1v) is 11.6. The highest BCUT2D eigenvalue weighted by molar-refractivity contribution is 6.05. The van der Waals surface area contributed by atoms with Crippen LogP contribution in [0.5, 0.6) is 0 Å². The molecule has 0 bridgehead atoms. The van der Waals surface area contributed by atoms with Crippen molar-refractivity contribution >= 4 is 21.8 Å². The molecule has 0 spiro atoms. The van der Waals surface area contributed by atoms with Gasteiger partial charge in [-0.05, 0) is 65.1 Å². The molecule has 0 aliphatic carbocycles. The quantitative estimate of drug-likeness (QED) is 0.283. The minimum atomic E-state index is 0.737. The zero-order chi connectivity index (χ0) is 23.1. The summed E-state index contributed by atoms with van der Waals surface area (Å²) in [5, 5.41) is 2.49. The van der Waals surface area contributed by atoms with Crippen molar-refractivity contribution in [2.75, 3.05) is 0 Å². The fourth-order valence-electron chi connectivity index (χ4n) is 4.87. The Morgan fingerprint density at radius 1 is 0.765 bits per heavy atom. The Bertz CT molecular complexity index is 1630. The van der Waals surface area contributed by atoms with Crippen LogP contribution in [0.1, 0.15) is 16.7 Å². The van der Waals surface area contributed by atoms with E-state index in [2.05, 4.69) is 102 Å². The average molecular weight is 440 g/mol. The van der Waals surface area contributed by atoms with Crippen LogP contribution in [0.3, 0.4) is 0 Å². The number of benzene rings is 4. The molecular weight excluding hydrogens is 414 g/mol. The maximum absolute atomic E-state index is 5.26. The van der Waals surface area contributed by atoms with Gasteiger partial charge < -0.3 is 4.57 Å². The maximum atomic E-state index is 5.26. The number of aryl methyl sites for hydroxylation is 1. The Labute approximate surface area is 199 Å². The van der Waals surface area contributed by atoms with E-state index in [1.54, 1.807) is 0 Å². The van der Waals surface area contributed by atoms with Gasteiger partial charge in [0.05, 0.1) is 11.0 Å². The molecule has 0 N–H and O–H groups in total. The largest absolute Gasteiger partial charge is 0.318 e. The molecule has 34 heavy (non-hydrogen) atoms. The van der Waals surface area contributed by atoms with Gasteiger partial charge in [-0.25, -0.2) is 4.98 Å². The van der Waals surface area contributed by atoms with Crippen LogP contribution in [0, 0.1) is 13.8 Å². The molecule has 3 nitrogen and oxygen atoms in total. The van der Waals surface area contributed by atoms with E-state index in [0.29, 0.717) is 0 Å². The number of imidazole rings is 1. The van der Waals surface area contributed by atoms with E-state index in [4.69, 9.17) is 4.98 Å². The van der Waals surface area contributed by atoms with Crippen LogP contribution in [0.25, 0.3) is 44.5 Å². The van der Waals surface area contributed by atoms with E-state index in [-0.39, 0.29) is 0 Å². The van der Waals surface area contributed by atoms with Crippen molar-refractivity contribution in [2.24, 2.45) is 0 Å². The summed E-state index contributed by atoms with van der Waals surface area (Å²) >= 11 is 0. The lowest BCUT2D eigenvalue weighted by molar-refractivity contribution is 0.830. The molecule has 2 heterocycles. The van der Waals surface area contributed by atoms with Crippen LogP contribution < -0.4 is 0 Å². The molecule has 0 aliphatic heterocycles. The highest BCUT2D eigenvalue weighted by atomic mass is 15.1. The average Bonchev–Trinajstić information content (AvgIpc) is 3.23. The van der Waals surface area contributed by atoms with Gasteiger partial charge in [-0.3, -0.25) is 4.98 Å². The van der Waals surface area contributed by atoms with Gasteiger partial charge in [-0.1, -0.05) is 78.9 Å². The van der Waals surface area contributed by atoms with Gasteiger partial charge in [0.25, 0.3) is 0 Å². The zero-order valence-corrected chi connectivity index (χ0v) is 19.4. The number of hydrogen-bond acceptors (Lipinski definition) is 2. The molecule has 0 radical (unpaired) electrons. The van der Waals surface area contributed by atoms with Crippen LogP contribution in [0.4, 0.5) is 0 Å². The topological polar surface area (TPSA) is 30.7 Å². The maximum Gasteiger partial charge on any atom is 0.160 e.